The van der Waals surface area contributed by atoms with Crippen molar-refractivity contribution >= 4 is 15.9 Å². The first kappa shape index (κ1) is 19.3. The van der Waals surface area contributed by atoms with Crippen LogP contribution < -0.4 is 5.32 Å². The molecule has 1 amide bonds. The van der Waals surface area contributed by atoms with E-state index in [0.29, 0.717) is 31.7 Å². The van der Waals surface area contributed by atoms with E-state index < -0.39 is 10.0 Å². The number of benzene rings is 1. The molecular weight excluding hydrogens is 350 g/mol. The van der Waals surface area contributed by atoms with Crippen molar-refractivity contribution in [3.63, 3.8) is 0 Å². The number of aryl methyl sites for hydroxylation is 1. The van der Waals surface area contributed by atoms with E-state index >= 15 is 0 Å². The van der Waals surface area contributed by atoms with Crippen LogP contribution in [0.15, 0.2) is 24.3 Å². The lowest BCUT2D eigenvalue weighted by Crippen LogP contribution is -2.49. The first-order valence-corrected chi connectivity index (χ1v) is 11.1. The number of rotatable bonds is 6. The molecule has 0 bridgehead atoms. The van der Waals surface area contributed by atoms with Crippen molar-refractivity contribution in [3.05, 3.63) is 35.4 Å². The number of carbonyl (C=O) groups excluding carboxylic acids is 1. The summed E-state index contributed by atoms with van der Waals surface area (Å²) in [6.45, 7) is 4.60. The zero-order valence-corrected chi connectivity index (χ0v) is 16.3. The summed E-state index contributed by atoms with van der Waals surface area (Å²) >= 11 is 0. The molecule has 2 aliphatic rings. The minimum Gasteiger partial charge on any atom is -0.335 e. The molecule has 1 aromatic rings. The lowest BCUT2D eigenvalue weighted by atomic mass is 10.1. The number of nitrogens with one attached hydrogen (secondary N) is 1. The summed E-state index contributed by atoms with van der Waals surface area (Å²) in [6, 6.07) is 7.70. The largest absolute Gasteiger partial charge is 0.335 e. The van der Waals surface area contributed by atoms with Gasteiger partial charge >= 0.3 is 0 Å². The maximum Gasteiger partial charge on any atom is 0.254 e. The summed E-state index contributed by atoms with van der Waals surface area (Å²) in [5.41, 5.74) is 1.62. The topological polar surface area (TPSA) is 69.7 Å². The molecular formula is C19H29N3O3S. The van der Waals surface area contributed by atoms with Gasteiger partial charge in [0.2, 0.25) is 10.0 Å². The Hall–Kier alpha value is -1.44. The lowest BCUT2D eigenvalue weighted by molar-refractivity contribution is 0.0694. The predicted octanol–water partition coefficient (Wildman–Crippen LogP) is 1.61. The third-order valence-electron chi connectivity index (χ3n) is 5.46. The first-order chi connectivity index (χ1) is 12.5. The third-order valence-corrected chi connectivity index (χ3v) is 7.31. The van der Waals surface area contributed by atoms with Crippen molar-refractivity contribution < 1.29 is 13.2 Å². The molecule has 0 unspecified atom stereocenters. The van der Waals surface area contributed by atoms with Crippen molar-refractivity contribution in [3.8, 4) is 0 Å². The van der Waals surface area contributed by atoms with E-state index in [1.54, 1.807) is 4.31 Å². The Kier molecular flexibility index (Phi) is 6.32. The Morgan fingerprint density at radius 2 is 1.85 bits per heavy atom. The number of hydrogen-bond donors (Lipinski definition) is 1. The maximum absolute atomic E-state index is 13.2. The van der Waals surface area contributed by atoms with Crippen LogP contribution in [0.4, 0.5) is 0 Å². The monoisotopic (exact) mass is 379 g/mol. The molecule has 1 aliphatic carbocycles. The van der Waals surface area contributed by atoms with Crippen LogP contribution >= 0.6 is 0 Å². The summed E-state index contributed by atoms with van der Waals surface area (Å²) in [5, 5.41) is 3.17. The van der Waals surface area contributed by atoms with Crippen molar-refractivity contribution in [2.24, 2.45) is 0 Å². The molecule has 1 N–H and O–H groups in total. The summed E-state index contributed by atoms with van der Waals surface area (Å²) < 4.78 is 26.9. The fourth-order valence-corrected chi connectivity index (χ4v) is 5.32. The highest BCUT2D eigenvalue weighted by Crippen LogP contribution is 2.26. The van der Waals surface area contributed by atoms with Gasteiger partial charge in [-0.1, -0.05) is 31.0 Å². The average molecular weight is 380 g/mol. The van der Waals surface area contributed by atoms with Crippen molar-refractivity contribution in [1.29, 1.82) is 0 Å². The second-order valence-electron chi connectivity index (χ2n) is 7.22. The fourth-order valence-electron chi connectivity index (χ4n) is 3.90. The van der Waals surface area contributed by atoms with Crippen LogP contribution in [0.3, 0.4) is 0 Å². The summed E-state index contributed by atoms with van der Waals surface area (Å²) in [7, 11) is -3.33. The molecule has 6 nitrogen and oxygen atoms in total. The van der Waals surface area contributed by atoms with Crippen LogP contribution in [0.25, 0.3) is 0 Å². The zero-order chi connectivity index (χ0) is 18.6. The van der Waals surface area contributed by atoms with Gasteiger partial charge in [-0.15, -0.1) is 0 Å². The van der Waals surface area contributed by atoms with E-state index in [4.69, 9.17) is 0 Å². The molecule has 1 heterocycles. The smallest absolute Gasteiger partial charge is 0.254 e. The van der Waals surface area contributed by atoms with Crippen molar-refractivity contribution in [1.82, 2.24) is 14.5 Å². The van der Waals surface area contributed by atoms with Crippen molar-refractivity contribution in [2.45, 2.75) is 38.6 Å². The molecule has 1 aliphatic heterocycles. The van der Waals surface area contributed by atoms with Gasteiger partial charge in [0.15, 0.2) is 0 Å². The molecule has 144 valence electrons. The highest BCUT2D eigenvalue weighted by atomic mass is 32.2. The van der Waals surface area contributed by atoms with Crippen LogP contribution in [0.5, 0.6) is 0 Å². The van der Waals surface area contributed by atoms with Crippen LogP contribution in [0, 0.1) is 6.92 Å². The molecule has 26 heavy (non-hydrogen) atoms. The molecule has 2 fully saturated rings. The highest BCUT2D eigenvalue weighted by molar-refractivity contribution is 7.89. The Bertz CT molecular complexity index is 723. The number of sulfonamides is 1. The van der Waals surface area contributed by atoms with E-state index in [9.17, 15) is 13.2 Å². The molecule has 1 saturated heterocycles. The third kappa shape index (κ3) is 4.45. The summed E-state index contributed by atoms with van der Waals surface area (Å²) in [6.07, 6.45) is 4.14. The Balaban J connectivity index is 1.74. The van der Waals surface area contributed by atoms with E-state index in [1.165, 1.54) is 0 Å². The van der Waals surface area contributed by atoms with Crippen molar-refractivity contribution in [2.75, 3.05) is 38.5 Å². The van der Waals surface area contributed by atoms with Crippen LogP contribution in [-0.2, 0) is 10.0 Å². The summed E-state index contributed by atoms with van der Waals surface area (Å²) in [4.78, 5) is 15.0. The molecule has 3 rings (SSSR count). The average Bonchev–Trinajstić information content (AvgIpc) is 3.17. The van der Waals surface area contributed by atoms with E-state index in [0.717, 1.165) is 31.2 Å². The van der Waals surface area contributed by atoms with Gasteiger partial charge in [0.05, 0.1) is 5.75 Å². The fraction of sp³-hybridized carbons (Fsp3) is 0.632. The molecule has 0 radical (unpaired) electrons. The van der Waals surface area contributed by atoms with E-state index in [-0.39, 0.29) is 24.2 Å². The van der Waals surface area contributed by atoms with E-state index in [1.807, 2.05) is 36.1 Å². The van der Waals surface area contributed by atoms with Gasteiger partial charge in [-0.2, -0.15) is 4.31 Å². The Morgan fingerprint density at radius 1 is 1.19 bits per heavy atom. The number of amides is 1. The second kappa shape index (κ2) is 8.50. The second-order valence-corrected chi connectivity index (χ2v) is 9.31. The quantitative estimate of drug-likeness (QED) is 0.815. The SMILES string of the molecule is Cc1ccccc1C(=O)N(CCS(=O)(=O)N1CCNCC1)C1CCCC1. The van der Waals surface area contributed by atoms with Gasteiger partial charge in [0.25, 0.3) is 5.91 Å². The molecule has 0 spiro atoms. The molecule has 1 aromatic carbocycles. The minimum atomic E-state index is -3.33. The molecule has 0 atom stereocenters. The predicted molar refractivity (Wildman–Crippen MR) is 103 cm³/mol. The van der Waals surface area contributed by atoms with Gasteiger partial charge in [-0.25, -0.2) is 8.42 Å². The van der Waals surface area contributed by atoms with Crippen LogP contribution in [0.2, 0.25) is 0 Å². The number of nitrogens with zero attached hydrogens (tertiary/aromatic N) is 2. The zero-order valence-electron chi connectivity index (χ0n) is 15.5. The standard InChI is InChI=1S/C19H29N3O3S/c1-16-6-2-5-9-18(16)19(23)22(17-7-3-4-8-17)14-15-26(24,25)21-12-10-20-11-13-21/h2,5-6,9,17,20H,3-4,7-8,10-15H2,1H3. The number of piperazine rings is 1. The normalized spacial score (nSPS) is 19.6. The molecule has 0 aromatic heterocycles. The number of hydrogen-bond acceptors (Lipinski definition) is 4. The van der Waals surface area contributed by atoms with Crippen LogP contribution in [0.1, 0.15) is 41.6 Å². The van der Waals surface area contributed by atoms with Gasteiger partial charge in [-0.05, 0) is 31.4 Å². The van der Waals surface area contributed by atoms with Gasteiger partial charge < -0.3 is 10.2 Å². The van der Waals surface area contributed by atoms with Gasteiger partial charge in [-0.3, -0.25) is 4.79 Å². The Morgan fingerprint density at radius 3 is 2.50 bits per heavy atom. The maximum atomic E-state index is 13.2. The van der Waals surface area contributed by atoms with E-state index in [2.05, 4.69) is 5.32 Å². The molecule has 1 saturated carbocycles. The lowest BCUT2D eigenvalue weighted by Gasteiger charge is -2.31. The van der Waals surface area contributed by atoms with Gasteiger partial charge in [0, 0.05) is 44.3 Å². The van der Waals surface area contributed by atoms with Gasteiger partial charge in [0.1, 0.15) is 0 Å². The minimum absolute atomic E-state index is 0.00111. The first-order valence-electron chi connectivity index (χ1n) is 9.54. The Labute approximate surface area is 156 Å². The van der Waals surface area contributed by atoms with Crippen LogP contribution in [-0.4, -0.2) is 68.0 Å². The molecule has 7 heteroatoms. The number of carbonyl (C=O) groups is 1. The summed E-state index contributed by atoms with van der Waals surface area (Å²) in [5.74, 6) is -0.0355. The highest BCUT2D eigenvalue weighted by Gasteiger charge is 2.31.